The number of fused-ring (bicyclic) bond motifs is 8. The summed E-state index contributed by atoms with van der Waals surface area (Å²) in [7, 11) is -3.01. The Morgan fingerprint density at radius 2 is 0.732 bits per heavy atom. The van der Waals surface area contributed by atoms with E-state index in [1.54, 1.807) is 0 Å². The van der Waals surface area contributed by atoms with E-state index in [0.717, 1.165) is 109 Å². The standard InChI is InChI=1S/C61H58BN5O2S2/c1-58(2,3)38-23-25-44-48(31-38)70(68)50-33-40(60(7,8)9)29-42-53(50)66(44)46-27-37(57-64-55(35-19-15-13-16-20-35)63-56(65-57)36-21-17-14-18-22-36)28-47-52(46)62(42)43-30-41(61(10,11)12)34-51-54(43)67(47)45-26-24-39(59(4,5)6)32-49(45)71(51)69/h13-34H,1-12H3. The number of rotatable bonds is 3. The molecular formula is C61H58BN5O2S2. The minimum Gasteiger partial charge on any atom is -0.309 e. The van der Waals surface area contributed by atoms with E-state index in [2.05, 4.69) is 166 Å². The molecule has 0 saturated heterocycles. The Morgan fingerprint density at radius 3 is 1.10 bits per heavy atom. The molecule has 4 aliphatic heterocycles. The Hall–Kier alpha value is -6.49. The number of anilines is 6. The van der Waals surface area contributed by atoms with Crippen molar-refractivity contribution >= 4 is 78.8 Å². The van der Waals surface area contributed by atoms with Crippen LogP contribution in [0.15, 0.2) is 153 Å². The largest absolute Gasteiger partial charge is 0.309 e. The average molecular weight is 968 g/mol. The molecule has 2 unspecified atom stereocenters. The molecule has 7 aromatic carbocycles. The molecule has 71 heavy (non-hydrogen) atoms. The molecule has 5 heterocycles. The first kappa shape index (κ1) is 45.6. The highest BCUT2D eigenvalue weighted by Gasteiger charge is 2.50. The van der Waals surface area contributed by atoms with Crippen molar-refractivity contribution in [2.24, 2.45) is 0 Å². The van der Waals surface area contributed by atoms with E-state index in [4.69, 9.17) is 15.0 Å². The van der Waals surface area contributed by atoms with Crippen LogP contribution in [0.25, 0.3) is 34.2 Å². The highest BCUT2D eigenvalue weighted by atomic mass is 32.2. The van der Waals surface area contributed by atoms with E-state index >= 15 is 8.42 Å². The zero-order valence-electron chi connectivity index (χ0n) is 42.6. The van der Waals surface area contributed by atoms with Crippen LogP contribution < -0.4 is 26.2 Å². The maximum Gasteiger partial charge on any atom is 0.252 e. The SMILES string of the molecule is CC(C)(C)c1ccc2c(c1)S(=O)c1cc(C(C)(C)C)cc3c1N2c1cc(-c2nc(-c4ccccc4)nc(-c4ccccc4)n2)cc2c1B3c1cc(C(C)(C)C)cc3c1N2c1ccc(C(C)(C)C)cc1S3=O. The van der Waals surface area contributed by atoms with Gasteiger partial charge in [0.05, 0.1) is 63.9 Å². The molecule has 7 nitrogen and oxygen atoms in total. The number of aromatic nitrogens is 3. The molecule has 0 saturated carbocycles. The first-order valence-corrected chi connectivity index (χ1v) is 27.0. The molecular weight excluding hydrogens is 910 g/mol. The van der Waals surface area contributed by atoms with Crippen molar-refractivity contribution in [1.29, 1.82) is 0 Å². The molecule has 0 N–H and O–H groups in total. The van der Waals surface area contributed by atoms with Gasteiger partial charge >= 0.3 is 0 Å². The quantitative estimate of drug-likeness (QED) is 0.163. The van der Waals surface area contributed by atoms with E-state index in [1.807, 2.05) is 60.7 Å². The van der Waals surface area contributed by atoms with Gasteiger partial charge in [0, 0.05) is 28.1 Å². The van der Waals surface area contributed by atoms with Crippen LogP contribution in [-0.2, 0) is 43.3 Å². The molecule has 12 rings (SSSR count). The minimum atomic E-state index is -1.51. The van der Waals surface area contributed by atoms with E-state index < -0.39 is 21.6 Å². The molecule has 2 atom stereocenters. The normalized spacial score (nSPS) is 16.5. The van der Waals surface area contributed by atoms with Crippen LogP contribution >= 0.6 is 0 Å². The van der Waals surface area contributed by atoms with Gasteiger partial charge in [-0.1, -0.05) is 168 Å². The van der Waals surface area contributed by atoms with Crippen molar-refractivity contribution in [1.82, 2.24) is 15.0 Å². The van der Waals surface area contributed by atoms with E-state index in [1.165, 1.54) is 0 Å². The summed E-state index contributed by atoms with van der Waals surface area (Å²) in [6.07, 6.45) is 0. The predicted octanol–water partition coefficient (Wildman–Crippen LogP) is 13.1. The summed E-state index contributed by atoms with van der Waals surface area (Å²) in [4.78, 5) is 23.7. The Bertz CT molecular complexity index is 3410. The molecule has 4 aliphatic rings. The number of hydrogen-bond acceptors (Lipinski definition) is 7. The van der Waals surface area contributed by atoms with Gasteiger partial charge in [0.15, 0.2) is 17.5 Å². The van der Waals surface area contributed by atoms with E-state index in [9.17, 15) is 0 Å². The molecule has 0 spiro atoms. The van der Waals surface area contributed by atoms with Gasteiger partial charge in [-0.15, -0.1) is 0 Å². The third kappa shape index (κ3) is 7.14. The van der Waals surface area contributed by atoms with E-state index in [-0.39, 0.29) is 28.4 Å². The summed E-state index contributed by atoms with van der Waals surface area (Å²) in [6.45, 7) is 26.4. The van der Waals surface area contributed by atoms with Crippen LogP contribution in [0.1, 0.15) is 105 Å². The lowest BCUT2D eigenvalue weighted by Crippen LogP contribution is -2.62. The molecule has 0 bridgehead atoms. The monoisotopic (exact) mass is 967 g/mol. The van der Waals surface area contributed by atoms with Crippen LogP contribution in [0, 0.1) is 0 Å². The van der Waals surface area contributed by atoms with Crippen molar-refractivity contribution in [2.45, 2.75) is 124 Å². The highest BCUT2D eigenvalue weighted by Crippen LogP contribution is 2.55. The number of hydrogen-bond donors (Lipinski definition) is 0. The summed E-state index contributed by atoms with van der Waals surface area (Å²) in [5.41, 5.74) is 15.1. The maximum atomic E-state index is 15.6. The molecule has 0 aliphatic carbocycles. The summed E-state index contributed by atoms with van der Waals surface area (Å²) < 4.78 is 31.2. The van der Waals surface area contributed by atoms with Gasteiger partial charge in [-0.05, 0) is 109 Å². The lowest BCUT2D eigenvalue weighted by atomic mass is 9.33. The fourth-order valence-electron chi connectivity index (χ4n) is 10.8. The Morgan fingerprint density at radius 1 is 0.380 bits per heavy atom. The van der Waals surface area contributed by atoms with Crippen molar-refractivity contribution in [3.05, 3.63) is 156 Å². The smallest absolute Gasteiger partial charge is 0.252 e. The summed E-state index contributed by atoms with van der Waals surface area (Å²) in [5.74, 6) is 1.68. The fourth-order valence-corrected chi connectivity index (χ4v) is 13.6. The van der Waals surface area contributed by atoms with Crippen LogP contribution in [0.4, 0.5) is 34.1 Å². The summed E-state index contributed by atoms with van der Waals surface area (Å²) >= 11 is 0. The van der Waals surface area contributed by atoms with Gasteiger partial charge < -0.3 is 9.80 Å². The van der Waals surface area contributed by atoms with Crippen LogP contribution in [0.5, 0.6) is 0 Å². The Kier molecular flexibility index (Phi) is 9.97. The Balaban J connectivity index is 1.25. The molecule has 8 aromatic rings. The Labute approximate surface area is 423 Å². The molecule has 354 valence electrons. The predicted molar refractivity (Wildman–Crippen MR) is 294 cm³/mol. The number of benzene rings is 7. The third-order valence-electron chi connectivity index (χ3n) is 14.8. The zero-order valence-corrected chi connectivity index (χ0v) is 44.3. The second kappa shape index (κ2) is 15.5. The van der Waals surface area contributed by atoms with E-state index in [0.29, 0.717) is 17.5 Å². The molecule has 0 amide bonds. The van der Waals surface area contributed by atoms with Gasteiger partial charge in [0.25, 0.3) is 6.71 Å². The van der Waals surface area contributed by atoms with Crippen molar-refractivity contribution in [3.63, 3.8) is 0 Å². The maximum absolute atomic E-state index is 15.6. The van der Waals surface area contributed by atoms with Crippen LogP contribution in [0.3, 0.4) is 0 Å². The number of nitrogens with zero attached hydrogens (tertiary/aromatic N) is 5. The second-order valence-corrected chi connectivity index (χ2v) is 26.6. The zero-order chi connectivity index (χ0) is 49.8. The van der Waals surface area contributed by atoms with Gasteiger partial charge in [0.1, 0.15) is 0 Å². The van der Waals surface area contributed by atoms with Crippen molar-refractivity contribution in [3.8, 4) is 34.2 Å². The molecule has 1 aromatic heterocycles. The van der Waals surface area contributed by atoms with Crippen LogP contribution in [0.2, 0.25) is 0 Å². The van der Waals surface area contributed by atoms with Crippen LogP contribution in [-0.4, -0.2) is 30.1 Å². The lowest BCUT2D eigenvalue weighted by molar-refractivity contribution is 0.587. The molecule has 10 heteroatoms. The average Bonchev–Trinajstić information content (AvgIpc) is 3.33. The van der Waals surface area contributed by atoms with Gasteiger partial charge in [0.2, 0.25) is 0 Å². The lowest BCUT2D eigenvalue weighted by Gasteiger charge is -2.48. The van der Waals surface area contributed by atoms with Gasteiger partial charge in [-0.3, -0.25) is 0 Å². The highest BCUT2D eigenvalue weighted by molar-refractivity contribution is 7.86. The first-order valence-electron chi connectivity index (χ1n) is 24.7. The first-order chi connectivity index (χ1) is 33.6. The minimum absolute atomic E-state index is 0.170. The van der Waals surface area contributed by atoms with Gasteiger partial charge in [-0.25, -0.2) is 23.4 Å². The van der Waals surface area contributed by atoms with Crippen molar-refractivity contribution in [2.75, 3.05) is 9.80 Å². The molecule has 0 radical (unpaired) electrons. The second-order valence-electron chi connectivity index (χ2n) is 23.8. The molecule has 0 fully saturated rings. The van der Waals surface area contributed by atoms with Crippen molar-refractivity contribution < 1.29 is 8.42 Å². The topological polar surface area (TPSA) is 79.3 Å². The summed E-state index contributed by atoms with van der Waals surface area (Å²) in [6, 6.07) is 47.0. The fraction of sp³-hybridized carbons (Fsp3) is 0.262. The third-order valence-corrected chi connectivity index (χ3v) is 17.7. The van der Waals surface area contributed by atoms with Gasteiger partial charge in [-0.2, -0.15) is 0 Å². The summed E-state index contributed by atoms with van der Waals surface area (Å²) in [5, 5.41) is 0.